The molecule has 1 unspecified atom stereocenters. The number of benzene rings is 5. The molecule has 42 heavy (non-hydrogen) atoms. The first-order valence-corrected chi connectivity index (χ1v) is 14.3. The zero-order valence-corrected chi connectivity index (χ0v) is 22.7. The third kappa shape index (κ3) is 3.52. The van der Waals surface area contributed by atoms with E-state index in [0.29, 0.717) is 0 Å². The highest BCUT2D eigenvalue weighted by Gasteiger charge is 2.29. The third-order valence-electron chi connectivity index (χ3n) is 8.46. The number of rotatable bonds is 3. The molecule has 0 spiro atoms. The van der Waals surface area contributed by atoms with Gasteiger partial charge in [-0.2, -0.15) is 0 Å². The molecule has 5 aromatic carbocycles. The maximum absolute atomic E-state index is 6.06. The van der Waals surface area contributed by atoms with E-state index in [-0.39, 0.29) is 6.04 Å². The molecular weight excluding hydrogens is 514 g/mol. The molecule has 1 atom stereocenters. The molecule has 0 amide bonds. The number of para-hydroxylation sites is 1. The van der Waals surface area contributed by atoms with Crippen molar-refractivity contribution in [3.8, 4) is 33.5 Å². The van der Waals surface area contributed by atoms with Gasteiger partial charge in [-0.3, -0.25) is 4.40 Å². The second kappa shape index (κ2) is 8.95. The van der Waals surface area contributed by atoms with Gasteiger partial charge in [-0.25, -0.2) is 4.98 Å². The van der Waals surface area contributed by atoms with Crippen molar-refractivity contribution in [1.29, 1.82) is 0 Å². The molecule has 8 aromatic rings. The van der Waals surface area contributed by atoms with Gasteiger partial charge in [0.15, 0.2) is 0 Å². The lowest BCUT2D eigenvalue weighted by atomic mass is 9.88. The van der Waals surface area contributed by atoms with Crippen LogP contribution in [0.15, 0.2) is 144 Å². The van der Waals surface area contributed by atoms with Gasteiger partial charge in [0.2, 0.25) is 0 Å². The van der Waals surface area contributed by atoms with Crippen LogP contribution in [-0.2, 0) is 0 Å². The number of fused-ring (bicyclic) bond motifs is 8. The zero-order chi connectivity index (χ0) is 27.6. The molecule has 4 heterocycles. The lowest BCUT2D eigenvalue weighted by Crippen LogP contribution is -2.19. The Hall–Kier alpha value is -5.61. The van der Waals surface area contributed by atoms with Crippen molar-refractivity contribution in [2.24, 2.45) is 0 Å². The topological polar surface area (TPSA) is 42.5 Å². The van der Waals surface area contributed by atoms with Gasteiger partial charge >= 0.3 is 0 Å². The summed E-state index contributed by atoms with van der Waals surface area (Å²) in [5.74, 6) is 1.03. The number of pyridine rings is 1. The normalized spacial score (nSPS) is 14.1. The van der Waals surface area contributed by atoms with Crippen molar-refractivity contribution >= 4 is 33.4 Å². The standard InChI is InChI=1S/C38H25N3O/c1-2-15-31-30(14-1)36(40-38-37(31)39-35-17-5-6-20-41(35)38)28-12-8-11-26(22-28)24-9-7-10-25(21-24)27-18-19-34-32(23-27)29-13-3-4-16-33(29)42-34/h1-23,36,40H. The zero-order valence-electron chi connectivity index (χ0n) is 22.7. The largest absolute Gasteiger partial charge is 0.456 e. The molecule has 1 aliphatic rings. The van der Waals surface area contributed by atoms with Crippen LogP contribution in [-0.4, -0.2) is 9.38 Å². The number of anilines is 1. The summed E-state index contributed by atoms with van der Waals surface area (Å²) in [4.78, 5) is 4.95. The number of hydrogen-bond acceptors (Lipinski definition) is 3. The van der Waals surface area contributed by atoms with Gasteiger partial charge < -0.3 is 9.73 Å². The first-order chi connectivity index (χ1) is 20.8. The predicted octanol–water partition coefficient (Wildman–Crippen LogP) is 9.75. The van der Waals surface area contributed by atoms with Crippen molar-refractivity contribution in [2.45, 2.75) is 6.04 Å². The minimum Gasteiger partial charge on any atom is -0.456 e. The summed E-state index contributed by atoms with van der Waals surface area (Å²) in [5.41, 5.74) is 12.1. The van der Waals surface area contributed by atoms with Gasteiger partial charge in [-0.1, -0.05) is 91.0 Å². The fourth-order valence-corrected chi connectivity index (χ4v) is 6.45. The van der Waals surface area contributed by atoms with Gasteiger partial charge in [-0.15, -0.1) is 0 Å². The predicted molar refractivity (Wildman–Crippen MR) is 171 cm³/mol. The molecule has 0 saturated heterocycles. The van der Waals surface area contributed by atoms with Crippen LogP contribution >= 0.6 is 0 Å². The molecule has 9 rings (SSSR count). The van der Waals surface area contributed by atoms with E-state index in [1.54, 1.807) is 0 Å². The minimum absolute atomic E-state index is 0.00807. The molecule has 4 heteroatoms. The summed E-state index contributed by atoms with van der Waals surface area (Å²) in [5, 5.41) is 6.12. The maximum atomic E-state index is 6.06. The maximum Gasteiger partial charge on any atom is 0.139 e. The quantitative estimate of drug-likeness (QED) is 0.243. The van der Waals surface area contributed by atoms with Crippen LogP contribution < -0.4 is 5.32 Å². The van der Waals surface area contributed by atoms with Crippen molar-refractivity contribution in [3.63, 3.8) is 0 Å². The van der Waals surface area contributed by atoms with Gasteiger partial charge in [0.05, 0.1) is 6.04 Å². The van der Waals surface area contributed by atoms with E-state index in [1.165, 1.54) is 38.9 Å². The van der Waals surface area contributed by atoms with E-state index in [4.69, 9.17) is 9.40 Å². The van der Waals surface area contributed by atoms with Gasteiger partial charge in [0.25, 0.3) is 0 Å². The molecule has 198 valence electrons. The average molecular weight is 540 g/mol. The number of hydrogen-bond donors (Lipinski definition) is 1. The van der Waals surface area contributed by atoms with Crippen LogP contribution in [0.2, 0.25) is 0 Å². The van der Waals surface area contributed by atoms with Crippen molar-refractivity contribution in [2.75, 3.05) is 5.32 Å². The second-order valence-corrected chi connectivity index (χ2v) is 10.9. The molecule has 0 fully saturated rings. The van der Waals surface area contributed by atoms with Crippen LogP contribution in [0.3, 0.4) is 0 Å². The number of nitrogens with zero attached hydrogens (tertiary/aromatic N) is 2. The van der Waals surface area contributed by atoms with Crippen LogP contribution in [0, 0.1) is 0 Å². The summed E-state index contributed by atoms with van der Waals surface area (Å²) in [6.45, 7) is 0. The van der Waals surface area contributed by atoms with Gasteiger partial charge in [-0.05, 0) is 75.8 Å². The molecule has 3 aromatic heterocycles. The SMILES string of the molecule is c1cc(-c2cccc(C3Nc4c(nc5ccccn45)-c4ccccc43)c2)cc(-c2ccc3oc4ccccc4c3c2)c1. The molecule has 0 bridgehead atoms. The first-order valence-electron chi connectivity index (χ1n) is 14.3. The van der Waals surface area contributed by atoms with E-state index in [0.717, 1.165) is 39.1 Å². The summed E-state index contributed by atoms with van der Waals surface area (Å²) in [7, 11) is 0. The highest BCUT2D eigenvalue weighted by molar-refractivity contribution is 6.06. The Morgan fingerprint density at radius 2 is 1.33 bits per heavy atom. The average Bonchev–Trinajstić information content (AvgIpc) is 3.63. The number of imidazole rings is 1. The summed E-state index contributed by atoms with van der Waals surface area (Å²) < 4.78 is 8.21. The van der Waals surface area contributed by atoms with Crippen LogP contribution in [0.4, 0.5) is 5.82 Å². The smallest absolute Gasteiger partial charge is 0.139 e. The highest BCUT2D eigenvalue weighted by atomic mass is 16.3. The van der Waals surface area contributed by atoms with Crippen LogP contribution in [0.1, 0.15) is 17.2 Å². The Kier molecular flexibility index (Phi) is 4.93. The Balaban J connectivity index is 1.12. The monoisotopic (exact) mass is 539 g/mol. The van der Waals surface area contributed by atoms with E-state index < -0.39 is 0 Å². The lowest BCUT2D eigenvalue weighted by molar-refractivity contribution is 0.669. The van der Waals surface area contributed by atoms with E-state index in [9.17, 15) is 0 Å². The van der Waals surface area contributed by atoms with Crippen LogP contribution in [0.5, 0.6) is 0 Å². The summed E-state index contributed by atoms with van der Waals surface area (Å²) in [6.07, 6.45) is 2.07. The molecule has 1 N–H and O–H groups in total. The molecule has 1 aliphatic heterocycles. The van der Waals surface area contributed by atoms with Crippen molar-refractivity contribution in [3.05, 3.63) is 151 Å². The third-order valence-corrected chi connectivity index (χ3v) is 8.46. The number of aromatic nitrogens is 2. The molecule has 0 radical (unpaired) electrons. The Morgan fingerprint density at radius 1 is 0.595 bits per heavy atom. The molecule has 0 aliphatic carbocycles. The van der Waals surface area contributed by atoms with E-state index >= 15 is 0 Å². The summed E-state index contributed by atoms with van der Waals surface area (Å²) in [6, 6.07) is 47.1. The Labute approximate surface area is 242 Å². The second-order valence-electron chi connectivity index (χ2n) is 10.9. The Morgan fingerprint density at radius 3 is 2.26 bits per heavy atom. The van der Waals surface area contributed by atoms with Gasteiger partial charge in [0, 0.05) is 22.5 Å². The number of nitrogens with one attached hydrogen (secondary N) is 1. The minimum atomic E-state index is 0.00807. The fraction of sp³-hybridized carbons (Fsp3) is 0.0263. The van der Waals surface area contributed by atoms with Crippen molar-refractivity contribution < 1.29 is 4.42 Å². The molecule has 4 nitrogen and oxygen atoms in total. The van der Waals surface area contributed by atoms with Crippen molar-refractivity contribution in [1.82, 2.24) is 9.38 Å². The Bertz CT molecular complexity index is 2310. The fourth-order valence-electron chi connectivity index (χ4n) is 6.45. The highest BCUT2D eigenvalue weighted by Crippen LogP contribution is 2.43. The lowest BCUT2D eigenvalue weighted by Gasteiger charge is -2.28. The first kappa shape index (κ1) is 23.1. The van der Waals surface area contributed by atoms with E-state index in [2.05, 4.69) is 125 Å². The molecule has 0 saturated carbocycles. The van der Waals surface area contributed by atoms with Crippen LogP contribution in [0.25, 0.3) is 61.1 Å². The van der Waals surface area contributed by atoms with E-state index in [1.807, 2.05) is 24.3 Å². The molecular formula is C38H25N3O. The summed E-state index contributed by atoms with van der Waals surface area (Å²) >= 11 is 0. The number of furan rings is 1. The van der Waals surface area contributed by atoms with Gasteiger partial charge in [0.1, 0.15) is 28.3 Å².